The fourth-order valence-electron chi connectivity index (χ4n) is 2.29. The first-order chi connectivity index (χ1) is 12.2. The van der Waals surface area contributed by atoms with Crippen molar-refractivity contribution in [1.82, 2.24) is 20.3 Å². The molecule has 1 aromatic carbocycles. The molecule has 6 nitrogen and oxygen atoms in total. The topological polar surface area (TPSA) is 79.8 Å². The lowest BCUT2D eigenvalue weighted by Gasteiger charge is -2.12. The third-order valence-corrected chi connectivity index (χ3v) is 4.37. The second kappa shape index (κ2) is 8.34. The van der Waals surface area contributed by atoms with E-state index in [1.54, 1.807) is 23.8 Å². The van der Waals surface area contributed by atoms with Crippen LogP contribution in [0.25, 0.3) is 0 Å². The quantitative estimate of drug-likeness (QED) is 0.680. The molecule has 0 bridgehead atoms. The maximum atomic E-state index is 12.3. The molecule has 2 aromatic heterocycles. The van der Waals surface area contributed by atoms with Crippen molar-refractivity contribution >= 4 is 28.3 Å². The molecule has 7 heteroatoms. The smallest absolute Gasteiger partial charge is 0.271 e. The Balaban J connectivity index is 1.51. The zero-order chi connectivity index (χ0) is 17.5. The van der Waals surface area contributed by atoms with Gasteiger partial charge in [-0.05, 0) is 31.4 Å². The second-order valence-corrected chi connectivity index (χ2v) is 6.49. The number of rotatable bonds is 7. The molecule has 0 saturated heterocycles. The van der Waals surface area contributed by atoms with Crippen LogP contribution in [0.5, 0.6) is 0 Å². The minimum atomic E-state index is -0.168. The number of hydrogen-bond acceptors (Lipinski definition) is 6. The number of thiazole rings is 1. The molecule has 1 unspecified atom stereocenters. The van der Waals surface area contributed by atoms with E-state index in [2.05, 4.69) is 37.7 Å². The van der Waals surface area contributed by atoms with Gasteiger partial charge in [-0.1, -0.05) is 30.3 Å². The molecule has 0 radical (unpaired) electrons. The molecule has 0 aliphatic heterocycles. The van der Waals surface area contributed by atoms with E-state index in [0.29, 0.717) is 16.8 Å². The third kappa shape index (κ3) is 5.09. The molecule has 3 rings (SSSR count). The molecule has 0 aliphatic carbocycles. The number of anilines is 2. The van der Waals surface area contributed by atoms with E-state index in [1.165, 1.54) is 16.9 Å². The number of aromatic nitrogens is 3. The molecule has 2 N–H and O–H groups in total. The van der Waals surface area contributed by atoms with Crippen molar-refractivity contribution < 1.29 is 4.79 Å². The van der Waals surface area contributed by atoms with E-state index >= 15 is 0 Å². The van der Waals surface area contributed by atoms with Crippen LogP contribution in [0, 0.1) is 0 Å². The highest BCUT2D eigenvalue weighted by Crippen LogP contribution is 2.18. The summed E-state index contributed by atoms with van der Waals surface area (Å²) in [6.45, 7) is 2.00. The predicted molar refractivity (Wildman–Crippen MR) is 99.1 cm³/mol. The van der Waals surface area contributed by atoms with Crippen molar-refractivity contribution in [2.24, 2.45) is 0 Å². The Labute approximate surface area is 150 Å². The lowest BCUT2D eigenvalue weighted by molar-refractivity contribution is 0.0934. The van der Waals surface area contributed by atoms with Gasteiger partial charge in [0, 0.05) is 23.8 Å². The molecule has 25 heavy (non-hydrogen) atoms. The highest BCUT2D eigenvalue weighted by molar-refractivity contribution is 7.14. The molecule has 1 amide bonds. The lowest BCUT2D eigenvalue weighted by Crippen LogP contribution is -2.33. The molecule has 0 fully saturated rings. The number of benzene rings is 1. The summed E-state index contributed by atoms with van der Waals surface area (Å²) in [5, 5.41) is 8.29. The minimum Gasteiger partial charge on any atom is -0.348 e. The van der Waals surface area contributed by atoms with E-state index in [9.17, 15) is 4.79 Å². The van der Waals surface area contributed by atoms with Crippen molar-refractivity contribution in [3.8, 4) is 0 Å². The predicted octanol–water partition coefficient (Wildman–Crippen LogP) is 3.43. The van der Waals surface area contributed by atoms with Gasteiger partial charge in [0.2, 0.25) is 5.95 Å². The summed E-state index contributed by atoms with van der Waals surface area (Å²) in [5.74, 6) is 0.291. The van der Waals surface area contributed by atoms with Crippen molar-refractivity contribution in [1.29, 1.82) is 0 Å². The normalized spacial score (nSPS) is 11.7. The van der Waals surface area contributed by atoms with Gasteiger partial charge in [0.15, 0.2) is 5.13 Å². The Morgan fingerprint density at radius 3 is 2.68 bits per heavy atom. The summed E-state index contributed by atoms with van der Waals surface area (Å²) < 4.78 is 0. The Hall–Kier alpha value is -2.80. The number of hydrogen-bond donors (Lipinski definition) is 2. The molecular formula is C18H19N5OS. The molecule has 0 spiro atoms. The number of aryl methyl sites for hydroxylation is 1. The van der Waals surface area contributed by atoms with E-state index in [-0.39, 0.29) is 11.9 Å². The molecule has 3 aromatic rings. The average molecular weight is 353 g/mol. The third-order valence-electron chi connectivity index (χ3n) is 3.61. The van der Waals surface area contributed by atoms with Gasteiger partial charge in [-0.15, -0.1) is 11.3 Å². The van der Waals surface area contributed by atoms with E-state index in [0.717, 1.165) is 12.8 Å². The monoisotopic (exact) mass is 353 g/mol. The van der Waals surface area contributed by atoms with Gasteiger partial charge in [-0.3, -0.25) is 4.79 Å². The van der Waals surface area contributed by atoms with Crippen LogP contribution in [0.3, 0.4) is 0 Å². The van der Waals surface area contributed by atoms with Gasteiger partial charge in [-0.2, -0.15) is 0 Å². The summed E-state index contributed by atoms with van der Waals surface area (Å²) in [6, 6.07) is 12.1. The molecule has 128 valence electrons. The second-order valence-electron chi connectivity index (χ2n) is 5.63. The molecule has 0 aliphatic rings. The maximum Gasteiger partial charge on any atom is 0.271 e. The Morgan fingerprint density at radius 2 is 1.92 bits per heavy atom. The molecule has 0 saturated carbocycles. The fraction of sp³-hybridized carbons (Fsp3) is 0.222. The van der Waals surface area contributed by atoms with Crippen molar-refractivity contribution in [2.45, 2.75) is 25.8 Å². The first kappa shape index (κ1) is 17.0. The zero-order valence-corrected chi connectivity index (χ0v) is 14.7. The Kier molecular flexibility index (Phi) is 5.69. The first-order valence-corrected chi connectivity index (χ1v) is 8.93. The van der Waals surface area contributed by atoms with Gasteiger partial charge in [0.1, 0.15) is 5.69 Å². The van der Waals surface area contributed by atoms with E-state index in [1.807, 2.05) is 25.1 Å². The van der Waals surface area contributed by atoms with Crippen LogP contribution in [-0.2, 0) is 6.42 Å². The SMILES string of the molecule is CC(CCc1ccccc1)NC(=O)c1csc(Nc2ncccn2)n1. The first-order valence-electron chi connectivity index (χ1n) is 8.05. The van der Waals surface area contributed by atoms with Gasteiger partial charge in [-0.25, -0.2) is 15.0 Å². The molecular weight excluding hydrogens is 334 g/mol. The Bertz CT molecular complexity index is 807. The van der Waals surface area contributed by atoms with Crippen LogP contribution in [-0.4, -0.2) is 26.9 Å². The summed E-state index contributed by atoms with van der Waals surface area (Å²) in [4.78, 5) is 24.7. The number of amides is 1. The van der Waals surface area contributed by atoms with Crippen LogP contribution in [0.1, 0.15) is 29.4 Å². The highest BCUT2D eigenvalue weighted by atomic mass is 32.1. The van der Waals surface area contributed by atoms with Crippen molar-refractivity contribution in [2.75, 3.05) is 5.32 Å². The number of nitrogens with zero attached hydrogens (tertiary/aromatic N) is 3. The van der Waals surface area contributed by atoms with E-state index in [4.69, 9.17) is 0 Å². The average Bonchev–Trinajstić information content (AvgIpc) is 3.10. The summed E-state index contributed by atoms with van der Waals surface area (Å²) in [6.07, 6.45) is 5.09. The lowest BCUT2D eigenvalue weighted by atomic mass is 10.1. The largest absolute Gasteiger partial charge is 0.348 e. The summed E-state index contributed by atoms with van der Waals surface area (Å²) in [7, 11) is 0. The van der Waals surface area contributed by atoms with Gasteiger partial charge in [0.25, 0.3) is 5.91 Å². The summed E-state index contributed by atoms with van der Waals surface area (Å²) >= 11 is 1.35. The minimum absolute atomic E-state index is 0.0725. The fourth-order valence-corrected chi connectivity index (χ4v) is 2.98. The van der Waals surface area contributed by atoms with Crippen LogP contribution in [0.4, 0.5) is 11.1 Å². The summed E-state index contributed by atoms with van der Waals surface area (Å²) in [5.41, 5.74) is 1.67. The zero-order valence-electron chi connectivity index (χ0n) is 13.8. The molecule has 1 atom stereocenters. The van der Waals surface area contributed by atoms with Crippen LogP contribution in [0.15, 0.2) is 54.2 Å². The number of carbonyl (C=O) groups is 1. The highest BCUT2D eigenvalue weighted by Gasteiger charge is 2.14. The van der Waals surface area contributed by atoms with E-state index < -0.39 is 0 Å². The van der Waals surface area contributed by atoms with Crippen LogP contribution in [0.2, 0.25) is 0 Å². The van der Waals surface area contributed by atoms with Crippen molar-refractivity contribution in [3.05, 3.63) is 65.4 Å². The van der Waals surface area contributed by atoms with Crippen molar-refractivity contribution in [3.63, 3.8) is 0 Å². The number of nitrogens with one attached hydrogen (secondary N) is 2. The van der Waals surface area contributed by atoms with Gasteiger partial charge in [0.05, 0.1) is 0 Å². The van der Waals surface area contributed by atoms with Crippen LogP contribution >= 0.6 is 11.3 Å². The molecule has 2 heterocycles. The van der Waals surface area contributed by atoms with Crippen LogP contribution < -0.4 is 10.6 Å². The Morgan fingerprint density at radius 1 is 1.16 bits per heavy atom. The maximum absolute atomic E-state index is 12.3. The standard InChI is InChI=1S/C18H19N5OS/c1-13(8-9-14-6-3-2-4-7-14)21-16(24)15-12-25-18(22-15)23-17-19-10-5-11-20-17/h2-7,10-13H,8-9H2,1H3,(H,21,24)(H,19,20,22,23). The van der Waals surface area contributed by atoms with Gasteiger partial charge >= 0.3 is 0 Å². The van der Waals surface area contributed by atoms with Gasteiger partial charge < -0.3 is 10.6 Å². The number of carbonyl (C=O) groups excluding carboxylic acids is 1.